The first-order chi connectivity index (χ1) is 4.15. The maximum atomic E-state index is 11.0. The minimum atomic E-state index is -5.49. The van der Waals surface area contributed by atoms with Crippen molar-refractivity contribution in [1.29, 1.82) is 4.38 Å². The minimum absolute atomic E-state index is 4.19. The number of alkyl halides is 6. The molecule has 0 aliphatic rings. The summed E-state index contributed by atoms with van der Waals surface area (Å²) in [6.45, 7) is 0. The fraction of sp³-hybridized carbons (Fsp3) is 1.00. The van der Waals surface area contributed by atoms with E-state index in [2.05, 4.69) is 0 Å². The van der Waals surface area contributed by atoms with E-state index in [9.17, 15) is 26.3 Å². The SMILES string of the molecule is [NH]=[Cu]([C](F)(F)F)[C](F)(F)F. The zero-order valence-electron chi connectivity index (χ0n) is 4.07. The molecule has 0 bridgehead atoms. The summed E-state index contributed by atoms with van der Waals surface area (Å²) in [5, 5.41) is -11.0. The summed E-state index contributed by atoms with van der Waals surface area (Å²) in [5.41, 5.74) is 0. The van der Waals surface area contributed by atoms with Crippen LogP contribution in [0.5, 0.6) is 0 Å². The van der Waals surface area contributed by atoms with Gasteiger partial charge >= 0.3 is 54.6 Å². The van der Waals surface area contributed by atoms with E-state index in [0.717, 1.165) is 0 Å². The standard InChI is InChI=1S/2CF3.Cu.HN/c2*2-1(3)4;;/h;;;1H. The van der Waals surface area contributed by atoms with Gasteiger partial charge in [-0.05, 0) is 0 Å². The molecule has 10 heavy (non-hydrogen) atoms. The van der Waals surface area contributed by atoms with Crippen molar-refractivity contribution < 1.29 is 40.0 Å². The first-order valence-electron chi connectivity index (χ1n) is 1.59. The summed E-state index contributed by atoms with van der Waals surface area (Å²) in [6, 6.07) is 0. The Labute approximate surface area is 55.5 Å². The van der Waals surface area contributed by atoms with Crippen LogP contribution in [0.3, 0.4) is 0 Å². The van der Waals surface area contributed by atoms with E-state index in [4.69, 9.17) is 4.38 Å². The van der Waals surface area contributed by atoms with Crippen molar-refractivity contribution in [2.45, 2.75) is 10.1 Å². The molecule has 0 amide bonds. The van der Waals surface area contributed by atoms with Crippen LogP contribution in [0.2, 0.25) is 0 Å². The molecule has 0 fully saturated rings. The Balaban J connectivity index is 4.40. The molecule has 8 heteroatoms. The Morgan fingerprint density at radius 3 is 1.00 bits per heavy atom. The van der Waals surface area contributed by atoms with E-state index in [1.54, 1.807) is 0 Å². The summed E-state index contributed by atoms with van der Waals surface area (Å²) in [4.78, 5) is 0. The molecule has 0 atom stereocenters. The van der Waals surface area contributed by atoms with Crippen molar-refractivity contribution >= 4 is 0 Å². The maximum absolute atomic E-state index is 11.0. The van der Waals surface area contributed by atoms with Gasteiger partial charge in [0.15, 0.2) is 0 Å². The average Bonchev–Trinajstić information content (AvgIpc) is 1.59. The van der Waals surface area contributed by atoms with Gasteiger partial charge in [-0.3, -0.25) is 0 Å². The van der Waals surface area contributed by atoms with E-state index < -0.39 is 23.9 Å². The molecule has 0 aromatic carbocycles. The molecule has 0 aromatic heterocycles. The van der Waals surface area contributed by atoms with E-state index >= 15 is 0 Å². The molecule has 0 rings (SSSR count). The Morgan fingerprint density at radius 2 is 1.00 bits per heavy atom. The molecule has 0 saturated heterocycles. The van der Waals surface area contributed by atoms with Crippen molar-refractivity contribution in [3.05, 3.63) is 0 Å². The Bertz CT molecular complexity index is 127. The van der Waals surface area contributed by atoms with Gasteiger partial charge < -0.3 is 0 Å². The van der Waals surface area contributed by atoms with Gasteiger partial charge in [0, 0.05) is 0 Å². The van der Waals surface area contributed by atoms with Crippen LogP contribution in [-0.4, -0.2) is 10.1 Å². The molecular weight excluding hydrogens is 216 g/mol. The van der Waals surface area contributed by atoms with Crippen LogP contribution in [0.15, 0.2) is 0 Å². The summed E-state index contributed by atoms with van der Waals surface area (Å²) in [5.74, 6) is 0. The number of rotatable bonds is 0. The van der Waals surface area contributed by atoms with E-state index in [1.807, 2.05) is 0 Å². The molecule has 0 saturated carbocycles. The van der Waals surface area contributed by atoms with Crippen molar-refractivity contribution in [1.82, 2.24) is 0 Å². The van der Waals surface area contributed by atoms with Gasteiger partial charge in [-0.25, -0.2) is 0 Å². The normalized spacial score (nSPS) is 15.2. The summed E-state index contributed by atoms with van der Waals surface area (Å²) >= 11 is -4.19. The van der Waals surface area contributed by atoms with Gasteiger partial charge in [0.25, 0.3) is 0 Å². The Morgan fingerprint density at radius 1 is 0.800 bits per heavy atom. The number of nitrogens with one attached hydrogen (secondary N) is 1. The molecule has 0 radical (unpaired) electrons. The molecule has 0 unspecified atom stereocenters. The van der Waals surface area contributed by atoms with Crippen molar-refractivity contribution in [2.24, 2.45) is 0 Å². The van der Waals surface area contributed by atoms with Gasteiger partial charge in [-0.1, -0.05) is 0 Å². The Hall–Kier alpha value is -0.101. The van der Waals surface area contributed by atoms with Crippen LogP contribution in [-0.2, 0) is 13.7 Å². The van der Waals surface area contributed by atoms with Crippen LogP contribution in [0.4, 0.5) is 26.3 Å². The molecule has 0 heterocycles. The van der Waals surface area contributed by atoms with Crippen molar-refractivity contribution in [3.8, 4) is 0 Å². The second kappa shape index (κ2) is 2.50. The second-order valence-electron chi connectivity index (χ2n) is 0.997. The van der Waals surface area contributed by atoms with Gasteiger partial charge in [0.05, 0.1) is 0 Å². The van der Waals surface area contributed by atoms with Crippen LogP contribution >= 0.6 is 0 Å². The van der Waals surface area contributed by atoms with E-state index in [0.29, 0.717) is 0 Å². The van der Waals surface area contributed by atoms with Crippen LogP contribution < -0.4 is 0 Å². The topological polar surface area (TPSA) is 23.9 Å². The molecule has 0 aliphatic heterocycles. The third-order valence-electron chi connectivity index (χ3n) is 0.342. The van der Waals surface area contributed by atoms with Crippen LogP contribution in [0.1, 0.15) is 0 Å². The van der Waals surface area contributed by atoms with E-state index in [1.165, 1.54) is 0 Å². The zero-order valence-corrected chi connectivity index (χ0v) is 5.01. The third-order valence-corrected chi connectivity index (χ3v) is 1.41. The van der Waals surface area contributed by atoms with Gasteiger partial charge in [-0.2, -0.15) is 0 Å². The van der Waals surface area contributed by atoms with E-state index in [-0.39, 0.29) is 0 Å². The van der Waals surface area contributed by atoms with Gasteiger partial charge in [0.2, 0.25) is 0 Å². The molecule has 67 valence electrons. The first-order valence-corrected chi connectivity index (χ1v) is 3.00. The number of halogens is 6. The monoisotopic (exact) mass is 216 g/mol. The summed E-state index contributed by atoms with van der Waals surface area (Å²) in [6.07, 6.45) is 0. The summed E-state index contributed by atoms with van der Waals surface area (Å²) < 4.78 is 71.9. The first kappa shape index (κ1) is 9.90. The quantitative estimate of drug-likeness (QED) is 0.475. The van der Waals surface area contributed by atoms with Crippen LogP contribution in [0.25, 0.3) is 0 Å². The molecule has 0 aromatic rings. The predicted octanol–water partition coefficient (Wildman–Crippen LogP) is 2.41. The fourth-order valence-electron chi connectivity index (χ4n) is 0.0969. The second-order valence-corrected chi connectivity index (χ2v) is 2.77. The molecule has 1 nitrogen and oxygen atoms in total. The molecule has 1 N–H and O–H groups in total. The van der Waals surface area contributed by atoms with Gasteiger partial charge in [0.1, 0.15) is 0 Å². The van der Waals surface area contributed by atoms with Crippen LogP contribution in [0, 0.1) is 4.38 Å². The summed E-state index contributed by atoms with van der Waals surface area (Å²) in [7, 11) is 0. The fourth-order valence-corrected chi connectivity index (χ4v) is 0.400. The van der Waals surface area contributed by atoms with Crippen molar-refractivity contribution in [2.75, 3.05) is 0 Å². The average molecular weight is 217 g/mol. The predicted molar refractivity (Wildman–Crippen MR) is 14.8 cm³/mol. The molecule has 0 aliphatic carbocycles. The number of hydrogen-bond donors (Lipinski definition) is 1. The number of hydrogen-bond acceptors (Lipinski definition) is 1. The zero-order chi connectivity index (χ0) is 8.58. The van der Waals surface area contributed by atoms with Crippen molar-refractivity contribution in [3.63, 3.8) is 0 Å². The molecule has 0 spiro atoms. The molecular formula is C2HCuF6N. The van der Waals surface area contributed by atoms with Gasteiger partial charge in [-0.15, -0.1) is 0 Å². The third kappa shape index (κ3) is 2.66. The Kier molecular flexibility index (Phi) is 2.48.